The maximum atomic E-state index is 5.90. The van der Waals surface area contributed by atoms with Gasteiger partial charge in [0.25, 0.3) is 0 Å². The van der Waals surface area contributed by atoms with Crippen LogP contribution in [0.15, 0.2) is 4.99 Å². The molecule has 0 aromatic rings. The Balaban J connectivity index is 0.00000364. The summed E-state index contributed by atoms with van der Waals surface area (Å²) in [5, 5.41) is 6.69. The molecule has 2 aliphatic rings. The Kier molecular flexibility index (Phi) is 15.5. The van der Waals surface area contributed by atoms with E-state index in [0.29, 0.717) is 12.0 Å². The molecular formula is C20H40IN3O3. The molecule has 0 amide bonds. The van der Waals surface area contributed by atoms with Crippen LogP contribution in [0, 0.1) is 5.92 Å². The Morgan fingerprint density at radius 2 is 1.81 bits per heavy atom. The molecule has 1 heterocycles. The molecule has 2 N–H and O–H groups in total. The minimum atomic E-state index is 0. The lowest BCUT2D eigenvalue weighted by Crippen LogP contribution is -2.38. The average Bonchev–Trinajstić information content (AvgIpc) is 3.18. The predicted octanol–water partition coefficient (Wildman–Crippen LogP) is 3.34. The van der Waals surface area contributed by atoms with Crippen LogP contribution >= 0.6 is 24.0 Å². The lowest BCUT2D eigenvalue weighted by atomic mass is 10.0. The summed E-state index contributed by atoms with van der Waals surface area (Å²) in [4.78, 5) is 4.63. The van der Waals surface area contributed by atoms with Gasteiger partial charge in [-0.1, -0.05) is 12.8 Å². The van der Waals surface area contributed by atoms with E-state index in [-0.39, 0.29) is 24.0 Å². The molecule has 1 aliphatic heterocycles. The Morgan fingerprint density at radius 3 is 2.56 bits per heavy atom. The molecule has 0 aromatic heterocycles. The highest BCUT2D eigenvalue weighted by atomic mass is 127. The van der Waals surface area contributed by atoms with E-state index in [4.69, 9.17) is 14.2 Å². The van der Waals surface area contributed by atoms with E-state index in [9.17, 15) is 0 Å². The summed E-state index contributed by atoms with van der Waals surface area (Å²) >= 11 is 0. The standard InChI is InChI=1S/C20H39N3O3.HI/c1-2-21-20(23-12-6-14-26-19-7-3-4-8-19)22-11-5-13-25-17-18-9-15-24-16-10-18;/h18-19H,2-17H2,1H3,(H2,21,22,23);1H. The first-order valence-corrected chi connectivity index (χ1v) is 10.7. The van der Waals surface area contributed by atoms with Gasteiger partial charge in [-0.05, 0) is 51.4 Å². The lowest BCUT2D eigenvalue weighted by Gasteiger charge is -2.21. The van der Waals surface area contributed by atoms with Gasteiger partial charge >= 0.3 is 0 Å². The number of hydrogen-bond acceptors (Lipinski definition) is 4. The highest BCUT2D eigenvalue weighted by molar-refractivity contribution is 14.0. The Bertz CT molecular complexity index is 373. The van der Waals surface area contributed by atoms with Crippen molar-refractivity contribution in [1.29, 1.82) is 0 Å². The zero-order chi connectivity index (χ0) is 18.3. The van der Waals surface area contributed by atoms with Crippen molar-refractivity contribution in [3.8, 4) is 0 Å². The predicted molar refractivity (Wildman–Crippen MR) is 121 cm³/mol. The van der Waals surface area contributed by atoms with Crippen LogP contribution in [0.2, 0.25) is 0 Å². The van der Waals surface area contributed by atoms with E-state index < -0.39 is 0 Å². The third kappa shape index (κ3) is 12.1. The number of guanidine groups is 1. The molecule has 0 radical (unpaired) electrons. The average molecular weight is 497 g/mol. The van der Waals surface area contributed by atoms with Gasteiger partial charge in [-0.15, -0.1) is 24.0 Å². The SMILES string of the molecule is CCNC(=NCCCOCC1CCOCC1)NCCCOC1CCCC1.I. The van der Waals surface area contributed by atoms with E-state index in [2.05, 4.69) is 22.5 Å². The number of hydrogen-bond donors (Lipinski definition) is 2. The zero-order valence-corrected chi connectivity index (χ0v) is 19.4. The smallest absolute Gasteiger partial charge is 0.191 e. The molecule has 2 fully saturated rings. The van der Waals surface area contributed by atoms with Gasteiger partial charge in [0, 0.05) is 52.7 Å². The van der Waals surface area contributed by atoms with Gasteiger partial charge in [0.2, 0.25) is 0 Å². The summed E-state index contributed by atoms with van der Waals surface area (Å²) in [7, 11) is 0. The summed E-state index contributed by atoms with van der Waals surface area (Å²) in [6.07, 6.45) is 9.92. The van der Waals surface area contributed by atoms with Gasteiger partial charge in [0.15, 0.2) is 5.96 Å². The van der Waals surface area contributed by atoms with Crippen LogP contribution in [0.4, 0.5) is 0 Å². The first-order chi connectivity index (χ1) is 12.9. The van der Waals surface area contributed by atoms with Crippen molar-refractivity contribution in [2.24, 2.45) is 10.9 Å². The highest BCUT2D eigenvalue weighted by Gasteiger charge is 2.14. The fourth-order valence-electron chi connectivity index (χ4n) is 3.45. The van der Waals surface area contributed by atoms with Crippen molar-refractivity contribution in [3.05, 3.63) is 0 Å². The summed E-state index contributed by atoms with van der Waals surface area (Å²) in [6.45, 7) is 8.95. The Labute approximate surface area is 182 Å². The van der Waals surface area contributed by atoms with Crippen LogP contribution < -0.4 is 10.6 Å². The fraction of sp³-hybridized carbons (Fsp3) is 0.950. The fourth-order valence-corrected chi connectivity index (χ4v) is 3.45. The summed E-state index contributed by atoms with van der Waals surface area (Å²) in [5.74, 6) is 1.58. The molecular weight excluding hydrogens is 457 g/mol. The molecule has 7 heteroatoms. The van der Waals surface area contributed by atoms with Crippen LogP contribution in [-0.2, 0) is 14.2 Å². The normalized spacial score (nSPS) is 19.1. The van der Waals surface area contributed by atoms with Gasteiger partial charge < -0.3 is 24.8 Å². The molecule has 1 aliphatic carbocycles. The molecule has 0 unspecified atom stereocenters. The number of aliphatic imine (C=N–C) groups is 1. The van der Waals surface area contributed by atoms with Crippen molar-refractivity contribution in [1.82, 2.24) is 10.6 Å². The van der Waals surface area contributed by atoms with Crippen molar-refractivity contribution in [2.75, 3.05) is 52.7 Å². The van der Waals surface area contributed by atoms with Crippen LogP contribution in [0.3, 0.4) is 0 Å². The Hall–Kier alpha value is -0.120. The molecule has 27 heavy (non-hydrogen) atoms. The molecule has 0 atom stereocenters. The van der Waals surface area contributed by atoms with Gasteiger partial charge in [-0.2, -0.15) is 0 Å². The van der Waals surface area contributed by atoms with E-state index in [1.807, 2.05) is 0 Å². The first kappa shape index (κ1) is 24.9. The van der Waals surface area contributed by atoms with E-state index in [1.54, 1.807) is 0 Å². The zero-order valence-electron chi connectivity index (χ0n) is 17.0. The maximum absolute atomic E-state index is 5.90. The van der Waals surface area contributed by atoms with Crippen molar-refractivity contribution in [2.45, 2.75) is 64.4 Å². The van der Waals surface area contributed by atoms with E-state index >= 15 is 0 Å². The van der Waals surface area contributed by atoms with Gasteiger partial charge in [-0.25, -0.2) is 0 Å². The molecule has 2 rings (SSSR count). The molecule has 160 valence electrons. The molecule has 6 nitrogen and oxygen atoms in total. The monoisotopic (exact) mass is 497 g/mol. The largest absolute Gasteiger partial charge is 0.381 e. The second kappa shape index (κ2) is 16.8. The summed E-state index contributed by atoms with van der Waals surface area (Å²) in [6, 6.07) is 0. The Morgan fingerprint density at radius 1 is 1.04 bits per heavy atom. The number of nitrogens with one attached hydrogen (secondary N) is 2. The number of halogens is 1. The summed E-state index contributed by atoms with van der Waals surface area (Å²) in [5.41, 5.74) is 0. The number of nitrogens with zero attached hydrogens (tertiary/aromatic N) is 1. The van der Waals surface area contributed by atoms with Crippen LogP contribution in [0.1, 0.15) is 58.3 Å². The van der Waals surface area contributed by atoms with Gasteiger partial charge in [-0.3, -0.25) is 4.99 Å². The van der Waals surface area contributed by atoms with Crippen LogP contribution in [0.25, 0.3) is 0 Å². The maximum Gasteiger partial charge on any atom is 0.191 e. The quantitative estimate of drug-likeness (QED) is 0.188. The van der Waals surface area contributed by atoms with E-state index in [0.717, 1.165) is 84.3 Å². The lowest BCUT2D eigenvalue weighted by molar-refractivity contribution is 0.0205. The van der Waals surface area contributed by atoms with Crippen molar-refractivity contribution in [3.63, 3.8) is 0 Å². The molecule has 0 spiro atoms. The van der Waals surface area contributed by atoms with Gasteiger partial charge in [0.05, 0.1) is 6.10 Å². The molecule has 0 aromatic carbocycles. The van der Waals surface area contributed by atoms with Crippen LogP contribution in [0.5, 0.6) is 0 Å². The van der Waals surface area contributed by atoms with Crippen molar-refractivity contribution < 1.29 is 14.2 Å². The minimum Gasteiger partial charge on any atom is -0.381 e. The van der Waals surface area contributed by atoms with E-state index in [1.165, 1.54) is 25.7 Å². The highest BCUT2D eigenvalue weighted by Crippen LogP contribution is 2.20. The number of rotatable bonds is 12. The van der Waals surface area contributed by atoms with Gasteiger partial charge in [0.1, 0.15) is 0 Å². The van der Waals surface area contributed by atoms with Crippen LogP contribution in [-0.4, -0.2) is 64.7 Å². The second-order valence-corrected chi connectivity index (χ2v) is 7.30. The summed E-state index contributed by atoms with van der Waals surface area (Å²) < 4.78 is 17.1. The third-order valence-corrected chi connectivity index (χ3v) is 5.02. The third-order valence-electron chi connectivity index (χ3n) is 5.02. The van der Waals surface area contributed by atoms with Crippen molar-refractivity contribution >= 4 is 29.9 Å². The molecule has 0 bridgehead atoms. The molecule has 1 saturated heterocycles. The molecule has 1 saturated carbocycles. The minimum absolute atomic E-state index is 0. The second-order valence-electron chi connectivity index (χ2n) is 7.30. The topological polar surface area (TPSA) is 64.1 Å². The number of ether oxygens (including phenoxy) is 3. The first-order valence-electron chi connectivity index (χ1n) is 10.7.